The van der Waals surface area contributed by atoms with E-state index in [1.165, 1.54) is 0 Å². The third-order valence-corrected chi connectivity index (χ3v) is 3.85. The molecule has 4 heteroatoms. The second kappa shape index (κ2) is 6.94. The van der Waals surface area contributed by atoms with Gasteiger partial charge in [0.25, 0.3) is 0 Å². The molecule has 0 aromatic heterocycles. The highest BCUT2D eigenvalue weighted by Gasteiger charge is 2.34. The van der Waals surface area contributed by atoms with Gasteiger partial charge in [0, 0.05) is 19.0 Å². The Hall–Kier alpha value is -1.55. The normalized spacial score (nSPS) is 22.7. The van der Waals surface area contributed by atoms with E-state index in [9.17, 15) is 4.79 Å². The van der Waals surface area contributed by atoms with Crippen LogP contribution in [0.5, 0.6) is 5.75 Å². The fourth-order valence-corrected chi connectivity index (χ4v) is 2.94. The number of likely N-dealkylation sites (tertiary alicyclic amines) is 1. The smallest absolute Gasteiger partial charge is 0.223 e. The second-order valence-corrected chi connectivity index (χ2v) is 6.09. The lowest BCUT2D eigenvalue weighted by Crippen LogP contribution is -2.49. The van der Waals surface area contributed by atoms with Gasteiger partial charge in [-0.3, -0.25) is 4.79 Å². The first kappa shape index (κ1) is 15.8. The molecule has 2 atom stereocenters. The molecule has 0 spiro atoms. The first-order chi connectivity index (χ1) is 10.0. The molecular weight excluding hydrogens is 264 g/mol. The van der Waals surface area contributed by atoms with E-state index in [2.05, 4.69) is 13.8 Å². The van der Waals surface area contributed by atoms with Crippen molar-refractivity contribution in [2.24, 2.45) is 11.7 Å². The van der Waals surface area contributed by atoms with Crippen molar-refractivity contribution in [2.45, 2.75) is 45.7 Å². The number of carbonyl (C=O) groups excluding carboxylic acids is 1. The Morgan fingerprint density at radius 2 is 2.00 bits per heavy atom. The molecule has 0 aliphatic carbocycles. The number of hydrogen-bond donors (Lipinski definition) is 1. The quantitative estimate of drug-likeness (QED) is 0.907. The van der Waals surface area contributed by atoms with Gasteiger partial charge < -0.3 is 15.4 Å². The standard InChI is InChI=1S/C17H26N2O2/c1-4-21-14-7-5-13(6-8-14)17-15(18)9-10-16(20)19(17)11-12(2)3/h5-8,12,15,17H,4,9-11,18H2,1-3H3. The molecule has 1 aromatic carbocycles. The summed E-state index contributed by atoms with van der Waals surface area (Å²) in [5.41, 5.74) is 7.41. The first-order valence-electron chi connectivity index (χ1n) is 7.80. The predicted octanol–water partition coefficient (Wildman–Crippen LogP) is 2.73. The summed E-state index contributed by atoms with van der Waals surface area (Å²) in [6.07, 6.45) is 1.31. The maximum absolute atomic E-state index is 12.3. The number of carbonyl (C=O) groups is 1. The number of ether oxygens (including phenoxy) is 1. The van der Waals surface area contributed by atoms with Crippen LogP contribution >= 0.6 is 0 Å². The van der Waals surface area contributed by atoms with Crippen LogP contribution in [0.1, 0.15) is 45.2 Å². The number of benzene rings is 1. The molecule has 1 aliphatic heterocycles. The average molecular weight is 290 g/mol. The fourth-order valence-electron chi connectivity index (χ4n) is 2.94. The van der Waals surface area contributed by atoms with Crippen LogP contribution < -0.4 is 10.5 Å². The van der Waals surface area contributed by atoms with Gasteiger partial charge in [-0.25, -0.2) is 0 Å². The van der Waals surface area contributed by atoms with Crippen LogP contribution in [0.2, 0.25) is 0 Å². The Bertz CT molecular complexity index is 470. The second-order valence-electron chi connectivity index (χ2n) is 6.09. The maximum Gasteiger partial charge on any atom is 0.223 e. The lowest BCUT2D eigenvalue weighted by molar-refractivity contribution is -0.138. The van der Waals surface area contributed by atoms with E-state index >= 15 is 0 Å². The third-order valence-electron chi connectivity index (χ3n) is 3.85. The molecule has 1 heterocycles. The van der Waals surface area contributed by atoms with Crippen molar-refractivity contribution < 1.29 is 9.53 Å². The Kier molecular flexibility index (Phi) is 5.23. The van der Waals surface area contributed by atoms with Crippen LogP contribution in [0.3, 0.4) is 0 Å². The van der Waals surface area contributed by atoms with Crippen LogP contribution in [0.25, 0.3) is 0 Å². The zero-order chi connectivity index (χ0) is 15.4. The molecule has 21 heavy (non-hydrogen) atoms. The van der Waals surface area contributed by atoms with Crippen molar-refractivity contribution in [2.75, 3.05) is 13.2 Å². The maximum atomic E-state index is 12.3. The fraction of sp³-hybridized carbons (Fsp3) is 0.588. The number of amides is 1. The van der Waals surface area contributed by atoms with Crippen LogP contribution in [0, 0.1) is 5.92 Å². The minimum atomic E-state index is -0.0238. The van der Waals surface area contributed by atoms with Crippen LogP contribution in [0.15, 0.2) is 24.3 Å². The number of hydrogen-bond acceptors (Lipinski definition) is 3. The minimum absolute atomic E-state index is 0.000562. The van der Waals surface area contributed by atoms with Gasteiger partial charge in [0.15, 0.2) is 0 Å². The lowest BCUT2D eigenvalue weighted by atomic mass is 9.90. The predicted molar refractivity (Wildman–Crippen MR) is 84.1 cm³/mol. The molecule has 0 bridgehead atoms. The Balaban J connectivity index is 2.24. The number of piperidine rings is 1. The van der Waals surface area contributed by atoms with E-state index in [1.54, 1.807) is 0 Å². The van der Waals surface area contributed by atoms with Crippen molar-refractivity contribution in [3.05, 3.63) is 29.8 Å². The first-order valence-corrected chi connectivity index (χ1v) is 7.80. The number of nitrogens with two attached hydrogens (primary N) is 1. The van der Waals surface area contributed by atoms with Crippen molar-refractivity contribution in [1.29, 1.82) is 0 Å². The minimum Gasteiger partial charge on any atom is -0.494 e. The third kappa shape index (κ3) is 3.76. The molecule has 0 radical (unpaired) electrons. The topological polar surface area (TPSA) is 55.6 Å². The average Bonchev–Trinajstić information content (AvgIpc) is 2.44. The molecule has 116 valence electrons. The molecule has 1 amide bonds. The molecule has 1 fully saturated rings. The molecule has 2 unspecified atom stereocenters. The van der Waals surface area contributed by atoms with Crippen LogP contribution in [-0.2, 0) is 4.79 Å². The van der Waals surface area contributed by atoms with Crippen molar-refractivity contribution in [1.82, 2.24) is 4.90 Å². The lowest BCUT2D eigenvalue weighted by Gasteiger charge is -2.41. The summed E-state index contributed by atoms with van der Waals surface area (Å²) in [5, 5.41) is 0. The van der Waals surface area contributed by atoms with Gasteiger partial charge in [0.1, 0.15) is 5.75 Å². The molecule has 2 rings (SSSR count). The molecule has 4 nitrogen and oxygen atoms in total. The summed E-state index contributed by atoms with van der Waals surface area (Å²) < 4.78 is 5.48. The molecule has 1 saturated heterocycles. The molecular formula is C17H26N2O2. The summed E-state index contributed by atoms with van der Waals surface area (Å²) in [4.78, 5) is 14.2. The van der Waals surface area contributed by atoms with E-state index in [-0.39, 0.29) is 18.0 Å². The van der Waals surface area contributed by atoms with Gasteiger partial charge in [-0.15, -0.1) is 0 Å². The van der Waals surface area contributed by atoms with E-state index in [0.717, 1.165) is 24.3 Å². The van der Waals surface area contributed by atoms with E-state index in [0.29, 0.717) is 18.9 Å². The highest BCUT2D eigenvalue weighted by atomic mass is 16.5. The van der Waals surface area contributed by atoms with Crippen molar-refractivity contribution in [3.63, 3.8) is 0 Å². The summed E-state index contributed by atoms with van der Waals surface area (Å²) in [6.45, 7) is 7.63. The van der Waals surface area contributed by atoms with Crippen molar-refractivity contribution in [3.8, 4) is 5.75 Å². The summed E-state index contributed by atoms with van der Waals surface area (Å²) in [5.74, 6) is 1.50. The monoisotopic (exact) mass is 290 g/mol. The Morgan fingerprint density at radius 1 is 1.33 bits per heavy atom. The van der Waals surface area contributed by atoms with E-state index in [4.69, 9.17) is 10.5 Å². The van der Waals surface area contributed by atoms with Gasteiger partial charge in [0.05, 0.1) is 12.6 Å². The Labute approximate surface area is 127 Å². The zero-order valence-corrected chi connectivity index (χ0v) is 13.2. The highest BCUT2D eigenvalue weighted by Crippen LogP contribution is 2.32. The number of rotatable bonds is 5. The SMILES string of the molecule is CCOc1ccc(C2C(N)CCC(=O)N2CC(C)C)cc1. The highest BCUT2D eigenvalue weighted by molar-refractivity contribution is 5.78. The molecule has 2 N–H and O–H groups in total. The summed E-state index contributed by atoms with van der Waals surface area (Å²) in [7, 11) is 0. The van der Waals surface area contributed by atoms with Gasteiger partial charge >= 0.3 is 0 Å². The van der Waals surface area contributed by atoms with Crippen LogP contribution in [-0.4, -0.2) is 30.0 Å². The van der Waals surface area contributed by atoms with Gasteiger partial charge in [-0.1, -0.05) is 26.0 Å². The van der Waals surface area contributed by atoms with Gasteiger partial charge in [0.2, 0.25) is 5.91 Å². The molecule has 0 saturated carbocycles. The largest absolute Gasteiger partial charge is 0.494 e. The zero-order valence-electron chi connectivity index (χ0n) is 13.2. The summed E-state index contributed by atoms with van der Waals surface area (Å²) >= 11 is 0. The van der Waals surface area contributed by atoms with E-state index < -0.39 is 0 Å². The van der Waals surface area contributed by atoms with Crippen molar-refractivity contribution >= 4 is 5.91 Å². The van der Waals surface area contributed by atoms with Gasteiger partial charge in [-0.2, -0.15) is 0 Å². The molecule has 1 aromatic rings. The summed E-state index contributed by atoms with van der Waals surface area (Å²) in [6, 6.07) is 7.95. The van der Waals surface area contributed by atoms with Gasteiger partial charge in [-0.05, 0) is 37.0 Å². The molecule has 1 aliphatic rings. The number of nitrogens with zero attached hydrogens (tertiary/aromatic N) is 1. The Morgan fingerprint density at radius 3 is 2.57 bits per heavy atom. The van der Waals surface area contributed by atoms with E-state index in [1.807, 2.05) is 36.1 Å². The van der Waals surface area contributed by atoms with Crippen LogP contribution in [0.4, 0.5) is 0 Å².